The predicted molar refractivity (Wildman–Crippen MR) is 188 cm³/mol. The van der Waals surface area contributed by atoms with E-state index in [9.17, 15) is 5.11 Å². The minimum atomic E-state index is -0.913. The summed E-state index contributed by atoms with van der Waals surface area (Å²) in [4.78, 5) is 8.50. The number of nitrogens with zero attached hydrogens (tertiary/aromatic N) is 10. The summed E-state index contributed by atoms with van der Waals surface area (Å²) >= 11 is 3.11. The van der Waals surface area contributed by atoms with Crippen LogP contribution in [0.3, 0.4) is 0 Å². The molecule has 5 heterocycles. The van der Waals surface area contributed by atoms with Gasteiger partial charge in [-0.2, -0.15) is 19.6 Å². The zero-order valence-electron chi connectivity index (χ0n) is 26.1. The first kappa shape index (κ1) is 32.2. The number of hydrogen-bond acceptors (Lipinski definition) is 13. The van der Waals surface area contributed by atoms with Crippen LogP contribution in [0.5, 0.6) is 11.5 Å². The minimum absolute atomic E-state index is 0.00549. The molecule has 49 heavy (non-hydrogen) atoms. The zero-order chi connectivity index (χ0) is 33.3. The van der Waals surface area contributed by atoms with Gasteiger partial charge in [0.15, 0.2) is 11.6 Å². The molecule has 4 aromatic heterocycles. The van der Waals surface area contributed by atoms with Crippen molar-refractivity contribution in [1.29, 1.82) is 0 Å². The van der Waals surface area contributed by atoms with E-state index in [2.05, 4.69) is 30.4 Å². The van der Waals surface area contributed by atoms with Crippen molar-refractivity contribution >= 4 is 36.0 Å². The van der Waals surface area contributed by atoms with E-state index >= 15 is 0 Å². The fourth-order valence-electron chi connectivity index (χ4n) is 4.75. The molecular formula is C34H30N10O3S2. The number of fused-ring (bicyclic) bond motifs is 4. The van der Waals surface area contributed by atoms with Crippen molar-refractivity contribution in [2.75, 3.05) is 24.7 Å². The highest BCUT2D eigenvalue weighted by molar-refractivity contribution is 8.00. The third kappa shape index (κ3) is 7.85. The number of thioether (sulfide) groups is 2. The van der Waals surface area contributed by atoms with Crippen molar-refractivity contribution in [2.24, 2.45) is 10.2 Å². The van der Waals surface area contributed by atoms with E-state index in [0.29, 0.717) is 33.5 Å². The Hall–Kier alpha value is -5.38. The van der Waals surface area contributed by atoms with Crippen LogP contribution in [0.4, 0.5) is 0 Å². The Morgan fingerprint density at radius 2 is 1.10 bits per heavy atom. The molecule has 6 aromatic rings. The first-order valence-electron chi connectivity index (χ1n) is 15.4. The van der Waals surface area contributed by atoms with E-state index < -0.39 is 6.10 Å². The number of aliphatic hydroxyl groups is 1. The highest BCUT2D eigenvalue weighted by Gasteiger charge is 2.17. The molecule has 0 unspecified atom stereocenters. The summed E-state index contributed by atoms with van der Waals surface area (Å²) in [5.74, 6) is 3.77. The van der Waals surface area contributed by atoms with E-state index in [0.717, 1.165) is 40.2 Å². The quantitative estimate of drug-likeness (QED) is 0.257. The third-order valence-corrected chi connectivity index (χ3v) is 9.15. The maximum absolute atomic E-state index is 10.8. The second-order valence-corrected chi connectivity index (χ2v) is 12.7. The molecule has 246 valence electrons. The number of aromatic nitrogens is 8. The Labute approximate surface area is 290 Å². The van der Waals surface area contributed by atoms with Gasteiger partial charge in [-0.1, -0.05) is 47.8 Å². The van der Waals surface area contributed by atoms with Gasteiger partial charge in [-0.25, -0.2) is 0 Å². The Kier molecular flexibility index (Phi) is 10.3. The lowest BCUT2D eigenvalue weighted by atomic mass is 10.2. The van der Waals surface area contributed by atoms with Crippen LogP contribution in [0, 0.1) is 0 Å². The van der Waals surface area contributed by atoms with Gasteiger partial charge >= 0.3 is 0 Å². The molecule has 13 nitrogen and oxygen atoms in total. The van der Waals surface area contributed by atoms with E-state index in [4.69, 9.17) is 19.7 Å². The molecule has 0 bridgehead atoms. The summed E-state index contributed by atoms with van der Waals surface area (Å²) < 4.78 is 15.5. The van der Waals surface area contributed by atoms with Gasteiger partial charge in [-0.15, -0.1) is 20.4 Å². The molecule has 1 aliphatic heterocycles. The Morgan fingerprint density at radius 3 is 1.57 bits per heavy atom. The van der Waals surface area contributed by atoms with Gasteiger partial charge in [0, 0.05) is 58.5 Å². The van der Waals surface area contributed by atoms with Crippen LogP contribution < -0.4 is 9.47 Å². The van der Waals surface area contributed by atoms with Crippen LogP contribution in [0.25, 0.3) is 22.8 Å². The topological polar surface area (TPSA) is 151 Å². The predicted octanol–water partition coefficient (Wildman–Crippen LogP) is 5.16. The molecule has 0 radical (unpaired) electrons. The molecule has 0 spiro atoms. The minimum Gasteiger partial charge on any atom is -0.490 e. The highest BCUT2D eigenvalue weighted by Crippen LogP contribution is 2.28. The molecule has 15 heteroatoms. The van der Waals surface area contributed by atoms with E-state index in [1.807, 2.05) is 72.8 Å². The average molecular weight is 691 g/mol. The molecule has 0 aliphatic carbocycles. The maximum atomic E-state index is 10.8. The highest BCUT2D eigenvalue weighted by atomic mass is 32.2. The standard InChI is InChI=1S/C34H30N10O3S2/c45-28-22-46-29-12-3-1-8-24(29)20-37-43-31(26-10-5-14-35-18-26)39-41-33(43)48-16-7-17-49-34-42-40-32(27-11-6-15-36-19-27)44(34)38-21-25-9-2-4-13-30(25)47-23-28/h1-6,8-15,18-21,28,45H,7,16-17,22-23H2/b37-20-,38-21-. The molecule has 2 aromatic carbocycles. The molecular weight excluding hydrogens is 661 g/mol. The van der Waals surface area contributed by atoms with Crippen molar-refractivity contribution < 1.29 is 14.6 Å². The lowest BCUT2D eigenvalue weighted by Gasteiger charge is -2.16. The molecule has 7 rings (SSSR count). The number of pyridine rings is 2. The SMILES string of the molecule is OC1COc2ccccc2/C=N\n2c(nnc2-c2cccnc2)SCCCSc2nnc(-c3cccnc3)n2/N=C\c2ccccc2OC1. The summed E-state index contributed by atoms with van der Waals surface area (Å²) in [6.07, 6.45) is 10.2. The molecule has 0 amide bonds. The van der Waals surface area contributed by atoms with Gasteiger partial charge in [0.05, 0.1) is 12.4 Å². The summed E-state index contributed by atoms with van der Waals surface area (Å²) in [6, 6.07) is 22.5. The van der Waals surface area contributed by atoms with E-state index in [1.54, 1.807) is 70.1 Å². The summed E-state index contributed by atoms with van der Waals surface area (Å²) in [7, 11) is 0. The number of aliphatic hydroxyl groups excluding tert-OH is 1. The monoisotopic (exact) mass is 690 g/mol. The molecule has 0 fully saturated rings. The number of rotatable bonds is 2. The van der Waals surface area contributed by atoms with Crippen molar-refractivity contribution in [3.8, 4) is 34.3 Å². The molecule has 1 N–H and O–H groups in total. The van der Waals surface area contributed by atoms with Crippen molar-refractivity contribution in [3.05, 3.63) is 109 Å². The summed E-state index contributed by atoms with van der Waals surface area (Å²) in [5.41, 5.74) is 3.03. The van der Waals surface area contributed by atoms with Crippen LogP contribution in [0.2, 0.25) is 0 Å². The first-order chi connectivity index (χ1) is 24.2. The van der Waals surface area contributed by atoms with E-state index in [-0.39, 0.29) is 13.2 Å². The molecule has 0 saturated heterocycles. The lowest BCUT2D eigenvalue weighted by Crippen LogP contribution is -2.25. The van der Waals surface area contributed by atoms with Crippen LogP contribution in [0.15, 0.2) is 118 Å². The van der Waals surface area contributed by atoms with Crippen LogP contribution in [-0.2, 0) is 0 Å². The summed E-state index contributed by atoms with van der Waals surface area (Å²) in [5, 5.41) is 39.5. The van der Waals surface area contributed by atoms with Gasteiger partial charge in [0.25, 0.3) is 0 Å². The number of ether oxygens (including phenoxy) is 2. The lowest BCUT2D eigenvalue weighted by molar-refractivity contribution is 0.0625. The van der Waals surface area contributed by atoms with Crippen LogP contribution in [-0.4, -0.2) is 88.1 Å². The van der Waals surface area contributed by atoms with Crippen LogP contribution >= 0.6 is 23.5 Å². The van der Waals surface area contributed by atoms with Crippen molar-refractivity contribution in [1.82, 2.24) is 39.7 Å². The smallest absolute Gasteiger partial charge is 0.212 e. The Bertz CT molecular complexity index is 1910. The van der Waals surface area contributed by atoms with Gasteiger partial charge < -0.3 is 14.6 Å². The first-order valence-corrected chi connectivity index (χ1v) is 17.4. The molecule has 0 saturated carbocycles. The Balaban J connectivity index is 1.21. The van der Waals surface area contributed by atoms with Gasteiger partial charge in [0.1, 0.15) is 30.8 Å². The summed E-state index contributed by atoms with van der Waals surface area (Å²) in [6.45, 7) is 0.0110. The van der Waals surface area contributed by atoms with Gasteiger partial charge in [-0.05, 0) is 55.0 Å². The maximum Gasteiger partial charge on any atom is 0.212 e. The molecule has 1 aliphatic rings. The van der Waals surface area contributed by atoms with Crippen molar-refractivity contribution in [2.45, 2.75) is 22.8 Å². The van der Waals surface area contributed by atoms with Crippen LogP contribution in [0.1, 0.15) is 17.5 Å². The second kappa shape index (κ2) is 15.7. The normalized spacial score (nSPS) is 15.9. The number of benzene rings is 2. The Morgan fingerprint density at radius 1 is 0.612 bits per heavy atom. The van der Waals surface area contributed by atoms with E-state index in [1.165, 1.54) is 0 Å². The fourth-order valence-corrected chi connectivity index (χ4v) is 6.59. The van der Waals surface area contributed by atoms with Crippen molar-refractivity contribution in [3.63, 3.8) is 0 Å². The number of hydrogen-bond donors (Lipinski definition) is 1. The zero-order valence-corrected chi connectivity index (χ0v) is 27.7. The average Bonchev–Trinajstić information content (AvgIpc) is 3.75. The van der Waals surface area contributed by atoms with Gasteiger partial charge in [0.2, 0.25) is 10.3 Å². The third-order valence-electron chi connectivity index (χ3n) is 7.14. The second-order valence-electron chi connectivity index (χ2n) is 10.6. The number of para-hydroxylation sites is 2. The van der Waals surface area contributed by atoms with Gasteiger partial charge in [-0.3, -0.25) is 9.97 Å². The molecule has 0 atom stereocenters. The fraction of sp³-hybridized carbons (Fsp3) is 0.176. The largest absolute Gasteiger partial charge is 0.490 e.